The molecule has 0 spiro atoms. The van der Waals surface area contributed by atoms with Gasteiger partial charge in [-0.05, 0) is 13.8 Å². The molecule has 2 heterocycles. The van der Waals surface area contributed by atoms with Crippen molar-refractivity contribution in [1.82, 2.24) is 19.1 Å². The summed E-state index contributed by atoms with van der Waals surface area (Å²) < 4.78 is 3.20. The van der Waals surface area contributed by atoms with Crippen LogP contribution in [-0.2, 0) is 13.6 Å². The second kappa shape index (κ2) is 6.62. The smallest absolute Gasteiger partial charge is 0.309 e. The molecule has 0 aromatic carbocycles. The Morgan fingerprint density at radius 2 is 1.95 bits per heavy atom. The summed E-state index contributed by atoms with van der Waals surface area (Å²) in [6.45, 7) is 4.43. The van der Waals surface area contributed by atoms with E-state index >= 15 is 0 Å². The van der Waals surface area contributed by atoms with Crippen LogP contribution < -0.4 is 11.2 Å². The number of hydrogen-bond donors (Lipinski definition) is 1. The lowest BCUT2D eigenvalue weighted by Gasteiger charge is -2.04. The van der Waals surface area contributed by atoms with Crippen molar-refractivity contribution in [3.8, 4) is 0 Å². The molecule has 0 aliphatic heterocycles. The monoisotopic (exact) mass is 306 g/mol. The van der Waals surface area contributed by atoms with Crippen LogP contribution in [-0.4, -0.2) is 24.9 Å². The van der Waals surface area contributed by atoms with Crippen LogP contribution in [0.25, 0.3) is 11.2 Å². The van der Waals surface area contributed by atoms with Gasteiger partial charge in [0.2, 0.25) is 0 Å². The Labute approximate surface area is 126 Å². The molecule has 0 saturated heterocycles. The van der Waals surface area contributed by atoms with Crippen LogP contribution in [0.4, 0.5) is 0 Å². The van der Waals surface area contributed by atoms with Gasteiger partial charge >= 0.3 is 5.69 Å². The number of hydrogen-bond acceptors (Lipinski definition) is 4. The highest BCUT2D eigenvalue weighted by molar-refractivity contribution is 7.99. The number of fused-ring (bicyclic) bond motifs is 1. The van der Waals surface area contributed by atoms with E-state index in [1.54, 1.807) is 7.05 Å². The molecule has 1 N–H and O–H groups in total. The van der Waals surface area contributed by atoms with E-state index in [1.807, 2.05) is 42.7 Å². The maximum Gasteiger partial charge on any atom is 0.329 e. The first-order chi connectivity index (χ1) is 10.1. The van der Waals surface area contributed by atoms with Crippen molar-refractivity contribution >= 4 is 22.9 Å². The summed E-state index contributed by atoms with van der Waals surface area (Å²) in [5, 5.41) is 0.730. The van der Waals surface area contributed by atoms with Crippen molar-refractivity contribution in [1.29, 1.82) is 0 Å². The van der Waals surface area contributed by atoms with Crippen molar-refractivity contribution < 1.29 is 0 Å². The zero-order valence-corrected chi connectivity index (χ0v) is 13.1. The molecule has 2 aromatic rings. The Bertz CT molecular complexity index is 811. The summed E-state index contributed by atoms with van der Waals surface area (Å²) in [7, 11) is 1.61. The molecular weight excluding hydrogens is 288 g/mol. The van der Waals surface area contributed by atoms with Gasteiger partial charge in [-0.3, -0.25) is 14.3 Å². The molecule has 6 nitrogen and oxygen atoms in total. The van der Waals surface area contributed by atoms with Gasteiger partial charge in [-0.15, -0.1) is 0 Å². The third-order valence-corrected chi connectivity index (χ3v) is 3.97. The minimum Gasteiger partial charge on any atom is -0.309 e. The molecule has 0 aliphatic carbocycles. The molecule has 7 heteroatoms. The summed E-state index contributed by atoms with van der Waals surface area (Å²) in [6, 6.07) is 0. The summed E-state index contributed by atoms with van der Waals surface area (Å²) in [6.07, 6.45) is 7.86. The van der Waals surface area contributed by atoms with E-state index < -0.39 is 11.2 Å². The van der Waals surface area contributed by atoms with Gasteiger partial charge in [0.1, 0.15) is 0 Å². The Balaban J connectivity index is 2.66. The minimum absolute atomic E-state index is 0.400. The Kier molecular flexibility index (Phi) is 4.85. The lowest BCUT2D eigenvalue weighted by Crippen LogP contribution is -2.29. The molecule has 2 rings (SSSR count). The molecule has 0 aliphatic rings. The number of thioether (sulfide) groups is 1. The van der Waals surface area contributed by atoms with Crippen LogP contribution in [0.1, 0.15) is 13.8 Å². The largest absolute Gasteiger partial charge is 0.329 e. The number of nitrogens with one attached hydrogen (secondary N) is 1. The SMILES string of the molecule is C/C=C/CSc1nc2c(c(=O)[nH]c(=O)n2C)n1C/C=C/C. The van der Waals surface area contributed by atoms with Gasteiger partial charge in [0.25, 0.3) is 5.56 Å². The summed E-state index contributed by atoms with van der Waals surface area (Å²) >= 11 is 1.53. The van der Waals surface area contributed by atoms with Crippen LogP contribution in [0.3, 0.4) is 0 Å². The van der Waals surface area contributed by atoms with Gasteiger partial charge in [0.05, 0.1) is 0 Å². The number of allylic oxidation sites excluding steroid dienone is 3. The number of aromatic nitrogens is 4. The van der Waals surface area contributed by atoms with E-state index in [0.717, 1.165) is 10.9 Å². The van der Waals surface area contributed by atoms with E-state index in [2.05, 4.69) is 9.97 Å². The number of aromatic amines is 1. The fraction of sp³-hybridized carbons (Fsp3) is 0.357. The lowest BCUT2D eigenvalue weighted by atomic mass is 10.4. The highest BCUT2D eigenvalue weighted by atomic mass is 32.2. The van der Waals surface area contributed by atoms with E-state index in [1.165, 1.54) is 16.3 Å². The number of nitrogens with zero attached hydrogens (tertiary/aromatic N) is 3. The van der Waals surface area contributed by atoms with Crippen molar-refractivity contribution in [2.75, 3.05) is 5.75 Å². The third kappa shape index (κ3) is 3.02. The zero-order valence-electron chi connectivity index (χ0n) is 12.3. The topological polar surface area (TPSA) is 72.7 Å². The van der Waals surface area contributed by atoms with Crippen LogP contribution in [0.15, 0.2) is 39.0 Å². The maximum absolute atomic E-state index is 12.1. The molecule has 0 bridgehead atoms. The zero-order chi connectivity index (χ0) is 15.4. The maximum atomic E-state index is 12.1. The van der Waals surface area contributed by atoms with E-state index in [9.17, 15) is 9.59 Å². The molecule has 0 fully saturated rings. The van der Waals surface area contributed by atoms with E-state index in [-0.39, 0.29) is 0 Å². The minimum atomic E-state index is -0.451. The molecule has 0 atom stereocenters. The predicted molar refractivity (Wildman–Crippen MR) is 85.9 cm³/mol. The van der Waals surface area contributed by atoms with Crippen LogP contribution in [0, 0.1) is 0 Å². The average Bonchev–Trinajstić information content (AvgIpc) is 2.82. The second-order valence-corrected chi connectivity index (χ2v) is 5.43. The molecule has 0 radical (unpaired) electrons. The number of H-pyrrole nitrogens is 1. The average molecular weight is 306 g/mol. The second-order valence-electron chi connectivity index (χ2n) is 4.44. The molecule has 112 valence electrons. The van der Waals surface area contributed by atoms with E-state index in [0.29, 0.717) is 17.7 Å². The molecule has 0 saturated carbocycles. The van der Waals surface area contributed by atoms with Crippen LogP contribution >= 0.6 is 11.8 Å². The first-order valence-corrected chi connectivity index (χ1v) is 7.63. The fourth-order valence-corrected chi connectivity index (χ4v) is 2.83. The number of rotatable bonds is 5. The van der Waals surface area contributed by atoms with Gasteiger partial charge in [-0.25, -0.2) is 9.78 Å². The fourth-order valence-electron chi connectivity index (χ4n) is 1.92. The first kappa shape index (κ1) is 15.4. The van der Waals surface area contributed by atoms with Crippen molar-refractivity contribution in [2.24, 2.45) is 7.05 Å². The van der Waals surface area contributed by atoms with Gasteiger partial charge in [0, 0.05) is 19.3 Å². The molecule has 0 unspecified atom stereocenters. The van der Waals surface area contributed by atoms with Gasteiger partial charge in [0.15, 0.2) is 16.3 Å². The molecule has 2 aromatic heterocycles. The Morgan fingerprint density at radius 3 is 2.62 bits per heavy atom. The molecular formula is C14H18N4O2S. The normalized spacial score (nSPS) is 12.1. The summed E-state index contributed by atoms with van der Waals surface area (Å²) in [5.74, 6) is 0.765. The summed E-state index contributed by atoms with van der Waals surface area (Å²) in [5.41, 5.74) is -0.00872. The highest BCUT2D eigenvalue weighted by Gasteiger charge is 2.16. The van der Waals surface area contributed by atoms with Crippen molar-refractivity contribution in [2.45, 2.75) is 25.5 Å². The number of aryl methyl sites for hydroxylation is 1. The van der Waals surface area contributed by atoms with Crippen molar-refractivity contribution in [3.05, 3.63) is 45.1 Å². The van der Waals surface area contributed by atoms with Gasteiger partial charge in [-0.2, -0.15) is 0 Å². The van der Waals surface area contributed by atoms with Gasteiger partial charge < -0.3 is 4.57 Å². The van der Waals surface area contributed by atoms with Crippen LogP contribution in [0.5, 0.6) is 0 Å². The Hall–Kier alpha value is -2.02. The number of imidazole rings is 1. The predicted octanol–water partition coefficient (Wildman–Crippen LogP) is 1.67. The molecule has 21 heavy (non-hydrogen) atoms. The van der Waals surface area contributed by atoms with Gasteiger partial charge in [-0.1, -0.05) is 36.1 Å². The standard InChI is InChI=1S/C14H18N4O2S/c1-4-6-8-18-10-11(15-14(18)21-9-7-5-2)17(3)13(20)16-12(10)19/h4-7H,8-9H2,1-3H3,(H,16,19,20)/b6-4+,7-5+. The summed E-state index contributed by atoms with van der Waals surface area (Å²) in [4.78, 5) is 30.6. The van der Waals surface area contributed by atoms with Crippen LogP contribution in [0.2, 0.25) is 0 Å². The quantitative estimate of drug-likeness (QED) is 0.673. The van der Waals surface area contributed by atoms with Crippen molar-refractivity contribution in [3.63, 3.8) is 0 Å². The Morgan fingerprint density at radius 1 is 1.24 bits per heavy atom. The lowest BCUT2D eigenvalue weighted by molar-refractivity contribution is 0.744. The van der Waals surface area contributed by atoms with E-state index in [4.69, 9.17) is 0 Å². The highest BCUT2D eigenvalue weighted by Crippen LogP contribution is 2.21. The molecule has 0 amide bonds. The third-order valence-electron chi connectivity index (χ3n) is 3.04. The first-order valence-electron chi connectivity index (χ1n) is 6.64.